The minimum absolute atomic E-state index is 0.706. The monoisotopic (exact) mass is 464 g/mol. The fraction of sp³-hybridized carbons (Fsp3) is 0.176. The topological polar surface area (TPSA) is 52.6 Å². The van der Waals surface area contributed by atoms with Gasteiger partial charge in [-0.1, -0.05) is 6.92 Å². The normalized spacial score (nSPS) is 11.1. The van der Waals surface area contributed by atoms with E-state index in [1.807, 2.05) is 0 Å². The van der Waals surface area contributed by atoms with Crippen LogP contribution in [0.4, 0.5) is 43.9 Å². The molecule has 4 nitrogen and oxygen atoms in total. The second-order valence-corrected chi connectivity index (χ2v) is 5.60. The maximum absolute atomic E-state index is 13.6. The second kappa shape index (κ2) is 8.81. The van der Waals surface area contributed by atoms with Crippen molar-refractivity contribution in [2.45, 2.75) is 13.3 Å². The van der Waals surface area contributed by atoms with E-state index >= 15 is 0 Å². The van der Waals surface area contributed by atoms with Crippen molar-refractivity contribution in [2.75, 3.05) is 0 Å². The molecule has 0 spiro atoms. The molecule has 0 aromatic heterocycles. The van der Waals surface area contributed by atoms with Crippen LogP contribution in [0.5, 0.6) is 11.5 Å². The van der Waals surface area contributed by atoms with Gasteiger partial charge in [0.1, 0.15) is 0 Å². The Morgan fingerprint density at radius 1 is 0.548 bits per heavy atom. The third-order valence-electron chi connectivity index (χ3n) is 3.72. The molecule has 0 fully saturated rings. The van der Waals surface area contributed by atoms with Gasteiger partial charge in [0, 0.05) is 0 Å². The zero-order valence-electron chi connectivity index (χ0n) is 14.7. The van der Waals surface area contributed by atoms with Crippen molar-refractivity contribution >= 4 is 11.9 Å². The summed E-state index contributed by atoms with van der Waals surface area (Å²) in [6, 6.07) is 0. The van der Waals surface area contributed by atoms with Crippen LogP contribution in [0, 0.1) is 64.1 Å². The second-order valence-electron chi connectivity index (χ2n) is 5.60. The van der Waals surface area contributed by atoms with Crippen LogP contribution in [0.2, 0.25) is 0 Å². The van der Waals surface area contributed by atoms with Gasteiger partial charge in [-0.25, -0.2) is 26.3 Å². The number of hydrogen-bond donors (Lipinski definition) is 0. The predicted molar refractivity (Wildman–Crippen MR) is 77.5 cm³/mol. The molecule has 0 atom stereocenters. The lowest BCUT2D eigenvalue weighted by Gasteiger charge is -2.15. The highest BCUT2D eigenvalue weighted by atomic mass is 19.2. The molecule has 168 valence electrons. The Kier molecular flexibility index (Phi) is 6.81. The first-order valence-electron chi connectivity index (χ1n) is 7.81. The molecule has 2 rings (SSSR count). The molecule has 0 bridgehead atoms. The van der Waals surface area contributed by atoms with Gasteiger partial charge < -0.3 is 9.47 Å². The van der Waals surface area contributed by atoms with Crippen LogP contribution >= 0.6 is 0 Å². The average molecular weight is 464 g/mol. The maximum atomic E-state index is 13.6. The molecule has 0 N–H and O–H groups in total. The van der Waals surface area contributed by atoms with Crippen LogP contribution in [0.1, 0.15) is 13.3 Å². The molecule has 0 saturated heterocycles. The van der Waals surface area contributed by atoms with Crippen molar-refractivity contribution in [1.82, 2.24) is 0 Å². The molecule has 31 heavy (non-hydrogen) atoms. The first-order valence-corrected chi connectivity index (χ1v) is 7.81. The van der Waals surface area contributed by atoms with Gasteiger partial charge in [-0.2, -0.15) is 17.6 Å². The van der Waals surface area contributed by atoms with E-state index in [1.165, 1.54) is 0 Å². The van der Waals surface area contributed by atoms with E-state index in [0.717, 1.165) is 6.92 Å². The van der Waals surface area contributed by atoms with Crippen LogP contribution in [0.15, 0.2) is 0 Å². The Morgan fingerprint density at radius 2 is 0.774 bits per heavy atom. The minimum Gasteiger partial charge on any atom is -0.419 e. The Balaban J connectivity index is 2.36. The Bertz CT molecular complexity index is 944. The molecule has 2 aromatic rings. The van der Waals surface area contributed by atoms with Crippen LogP contribution in [-0.2, 0) is 9.59 Å². The molecule has 0 heterocycles. The third kappa shape index (κ3) is 4.14. The number of rotatable bonds is 5. The standard InChI is InChI=1S/C17H6F10O4/c1-2-3(16(28)30-14-10(24)6(20)4(18)7(21)11(14)25)17(29)31-15-12(26)8(22)5(19)9(23)13(15)27/h3H,2H2,1H3. The summed E-state index contributed by atoms with van der Waals surface area (Å²) >= 11 is 0. The summed E-state index contributed by atoms with van der Waals surface area (Å²) in [4.78, 5) is 23.9. The van der Waals surface area contributed by atoms with Crippen LogP contribution in [-0.4, -0.2) is 11.9 Å². The number of esters is 2. The first-order chi connectivity index (χ1) is 14.3. The number of hydrogen-bond acceptors (Lipinski definition) is 4. The summed E-state index contributed by atoms with van der Waals surface area (Å²) in [6.07, 6.45) is -0.706. The number of carbonyl (C=O) groups is 2. The fourth-order valence-electron chi connectivity index (χ4n) is 2.12. The first kappa shape index (κ1) is 24.0. The van der Waals surface area contributed by atoms with Gasteiger partial charge in [-0.15, -0.1) is 0 Å². The van der Waals surface area contributed by atoms with Gasteiger partial charge in [0.2, 0.25) is 69.7 Å². The summed E-state index contributed by atoms with van der Waals surface area (Å²) in [5.41, 5.74) is 0. The quantitative estimate of drug-likeness (QED) is 0.162. The summed E-state index contributed by atoms with van der Waals surface area (Å²) in [7, 11) is 0. The van der Waals surface area contributed by atoms with Gasteiger partial charge in [-0.05, 0) is 6.42 Å². The van der Waals surface area contributed by atoms with Crippen LogP contribution in [0.25, 0.3) is 0 Å². The zero-order chi connectivity index (χ0) is 23.8. The molecule has 0 aliphatic rings. The van der Waals surface area contributed by atoms with E-state index < -0.39 is 93.9 Å². The van der Waals surface area contributed by atoms with Gasteiger partial charge in [0.15, 0.2) is 5.92 Å². The largest absolute Gasteiger partial charge is 0.419 e. The zero-order valence-corrected chi connectivity index (χ0v) is 14.7. The van der Waals surface area contributed by atoms with E-state index in [4.69, 9.17) is 0 Å². The van der Waals surface area contributed by atoms with E-state index in [2.05, 4.69) is 9.47 Å². The molecular weight excluding hydrogens is 458 g/mol. The number of halogens is 10. The predicted octanol–water partition coefficient (Wildman–Crippen LogP) is 4.61. The Hall–Kier alpha value is -3.32. The van der Waals surface area contributed by atoms with Crippen molar-refractivity contribution < 1.29 is 63.0 Å². The van der Waals surface area contributed by atoms with E-state index in [-0.39, 0.29) is 0 Å². The van der Waals surface area contributed by atoms with Crippen molar-refractivity contribution in [3.05, 3.63) is 58.2 Å². The highest BCUT2D eigenvalue weighted by Gasteiger charge is 2.36. The van der Waals surface area contributed by atoms with Gasteiger partial charge in [0.25, 0.3) is 0 Å². The summed E-state index contributed by atoms with van der Waals surface area (Å²) in [6.45, 7) is 1.00. The van der Waals surface area contributed by atoms with Crippen molar-refractivity contribution in [3.63, 3.8) is 0 Å². The fourth-order valence-corrected chi connectivity index (χ4v) is 2.12. The minimum atomic E-state index is -2.58. The maximum Gasteiger partial charge on any atom is 0.325 e. The number of benzene rings is 2. The van der Waals surface area contributed by atoms with Gasteiger partial charge >= 0.3 is 11.9 Å². The molecule has 0 aliphatic carbocycles. The Labute approximate surface area is 165 Å². The van der Waals surface area contributed by atoms with Crippen LogP contribution in [0.3, 0.4) is 0 Å². The van der Waals surface area contributed by atoms with Gasteiger partial charge in [-0.3, -0.25) is 9.59 Å². The molecule has 0 saturated carbocycles. The molecule has 0 unspecified atom stereocenters. The lowest BCUT2D eigenvalue weighted by molar-refractivity contribution is -0.152. The SMILES string of the molecule is CCC(C(=O)Oc1c(F)c(F)c(F)c(F)c1F)C(=O)Oc1c(F)c(F)c(F)c(F)c1F. The molecule has 0 amide bonds. The van der Waals surface area contributed by atoms with Crippen molar-refractivity contribution in [1.29, 1.82) is 0 Å². The molecular formula is C17H6F10O4. The smallest absolute Gasteiger partial charge is 0.325 e. The van der Waals surface area contributed by atoms with Crippen molar-refractivity contribution in [3.8, 4) is 11.5 Å². The van der Waals surface area contributed by atoms with E-state index in [0.29, 0.717) is 0 Å². The van der Waals surface area contributed by atoms with E-state index in [9.17, 15) is 53.5 Å². The summed E-state index contributed by atoms with van der Waals surface area (Å²) in [5.74, 6) is -36.0. The highest BCUT2D eigenvalue weighted by molar-refractivity contribution is 5.96. The Morgan fingerprint density at radius 3 is 1.00 bits per heavy atom. The molecule has 2 aromatic carbocycles. The summed E-state index contributed by atoms with van der Waals surface area (Å²) < 4.78 is 141. The molecule has 14 heteroatoms. The highest BCUT2D eigenvalue weighted by Crippen LogP contribution is 2.32. The van der Waals surface area contributed by atoms with Crippen LogP contribution < -0.4 is 9.47 Å². The number of ether oxygens (including phenoxy) is 2. The van der Waals surface area contributed by atoms with Crippen molar-refractivity contribution in [2.24, 2.45) is 5.92 Å². The third-order valence-corrected chi connectivity index (χ3v) is 3.72. The molecule has 0 radical (unpaired) electrons. The number of carbonyl (C=O) groups excluding carboxylic acids is 2. The van der Waals surface area contributed by atoms with Gasteiger partial charge in [0.05, 0.1) is 0 Å². The lowest BCUT2D eigenvalue weighted by Crippen LogP contribution is -2.32. The summed E-state index contributed by atoms with van der Waals surface area (Å²) in [5, 5.41) is 0. The van der Waals surface area contributed by atoms with E-state index in [1.54, 1.807) is 0 Å². The lowest BCUT2D eigenvalue weighted by atomic mass is 10.1. The average Bonchev–Trinajstić information content (AvgIpc) is 2.74. The molecule has 0 aliphatic heterocycles.